The predicted octanol–water partition coefficient (Wildman–Crippen LogP) is 6.55. The summed E-state index contributed by atoms with van der Waals surface area (Å²) in [5.41, 5.74) is 0.723. The second-order valence-corrected chi connectivity index (χ2v) is 6.92. The van der Waals surface area contributed by atoms with Crippen LogP contribution in [0.5, 0.6) is 5.75 Å². The molecule has 0 unspecified atom stereocenters. The molecule has 1 aliphatic rings. The highest BCUT2D eigenvalue weighted by Gasteiger charge is 2.34. The molecule has 166 valence electrons. The molecular weight excluding hydrogens is 441 g/mol. The SMILES string of the molecule is Fc1ccc(C2=CN(c3ccc(OC(F)(F)F)cc3)Cc3ccc(C(F)(F)F)nc32)cc1. The van der Waals surface area contributed by atoms with Crippen molar-refractivity contribution in [1.82, 2.24) is 4.98 Å². The second kappa shape index (κ2) is 7.85. The zero-order valence-corrected chi connectivity index (χ0v) is 16.0. The van der Waals surface area contributed by atoms with Crippen molar-refractivity contribution in [3.05, 3.63) is 95.2 Å². The quantitative estimate of drug-likeness (QED) is 0.420. The Bertz CT molecular complexity index is 1150. The number of aromatic nitrogens is 1. The lowest BCUT2D eigenvalue weighted by Gasteiger charge is -2.29. The minimum Gasteiger partial charge on any atom is -0.406 e. The highest BCUT2D eigenvalue weighted by atomic mass is 19.4. The molecule has 0 saturated carbocycles. The number of alkyl halides is 6. The van der Waals surface area contributed by atoms with Crippen LogP contribution < -0.4 is 9.64 Å². The number of hydrogen-bond acceptors (Lipinski definition) is 3. The molecule has 0 aliphatic carbocycles. The normalized spacial score (nSPS) is 14.1. The molecule has 1 aliphatic heterocycles. The van der Waals surface area contributed by atoms with Crippen LogP contribution in [-0.4, -0.2) is 11.3 Å². The van der Waals surface area contributed by atoms with Gasteiger partial charge in [0.05, 0.1) is 5.69 Å². The molecule has 0 spiro atoms. The number of anilines is 1. The van der Waals surface area contributed by atoms with E-state index >= 15 is 0 Å². The van der Waals surface area contributed by atoms with Gasteiger partial charge in [0, 0.05) is 24.0 Å². The molecule has 0 atom stereocenters. The van der Waals surface area contributed by atoms with E-state index in [1.165, 1.54) is 48.7 Å². The van der Waals surface area contributed by atoms with Crippen molar-refractivity contribution in [3.8, 4) is 5.75 Å². The maximum absolute atomic E-state index is 13.4. The van der Waals surface area contributed by atoms with E-state index < -0.39 is 29.8 Å². The maximum atomic E-state index is 13.4. The van der Waals surface area contributed by atoms with Crippen LogP contribution in [0.2, 0.25) is 0 Å². The number of halogens is 7. The molecule has 10 heteroatoms. The van der Waals surface area contributed by atoms with E-state index in [0.29, 0.717) is 22.4 Å². The van der Waals surface area contributed by atoms with Gasteiger partial charge in [-0.2, -0.15) is 13.2 Å². The van der Waals surface area contributed by atoms with Gasteiger partial charge in [0.25, 0.3) is 0 Å². The van der Waals surface area contributed by atoms with Crippen LogP contribution in [0.15, 0.2) is 66.9 Å². The molecular formula is C22H13F7N2O. The molecule has 2 aromatic carbocycles. The van der Waals surface area contributed by atoms with Crippen molar-refractivity contribution in [2.75, 3.05) is 4.90 Å². The van der Waals surface area contributed by atoms with Gasteiger partial charge >= 0.3 is 12.5 Å². The summed E-state index contributed by atoms with van der Waals surface area (Å²) in [5.74, 6) is -0.919. The van der Waals surface area contributed by atoms with Crippen molar-refractivity contribution < 1.29 is 35.5 Å². The molecule has 0 saturated heterocycles. The molecule has 2 heterocycles. The van der Waals surface area contributed by atoms with Gasteiger partial charge in [-0.3, -0.25) is 0 Å². The molecule has 0 N–H and O–H groups in total. The van der Waals surface area contributed by atoms with E-state index in [4.69, 9.17) is 0 Å². The highest BCUT2D eigenvalue weighted by Crippen LogP contribution is 2.37. The van der Waals surface area contributed by atoms with Crippen molar-refractivity contribution in [2.45, 2.75) is 19.1 Å². The summed E-state index contributed by atoms with van der Waals surface area (Å²) in [5, 5.41) is 0. The number of hydrogen-bond donors (Lipinski definition) is 0. The summed E-state index contributed by atoms with van der Waals surface area (Å²) in [7, 11) is 0. The molecule has 4 rings (SSSR count). The molecule has 0 bridgehead atoms. The predicted molar refractivity (Wildman–Crippen MR) is 102 cm³/mol. The van der Waals surface area contributed by atoms with Crippen molar-refractivity contribution >= 4 is 11.3 Å². The van der Waals surface area contributed by atoms with Gasteiger partial charge in [0.1, 0.15) is 17.3 Å². The highest BCUT2D eigenvalue weighted by molar-refractivity contribution is 5.83. The lowest BCUT2D eigenvalue weighted by molar-refractivity contribution is -0.274. The third-order valence-electron chi connectivity index (χ3n) is 4.71. The molecule has 0 radical (unpaired) electrons. The van der Waals surface area contributed by atoms with Crippen LogP contribution in [0, 0.1) is 5.82 Å². The molecule has 3 nitrogen and oxygen atoms in total. The monoisotopic (exact) mass is 454 g/mol. The van der Waals surface area contributed by atoms with Crippen LogP contribution >= 0.6 is 0 Å². The Morgan fingerprint density at radius 3 is 2.06 bits per heavy atom. The molecule has 0 fully saturated rings. The first-order valence-corrected chi connectivity index (χ1v) is 9.17. The Kier molecular flexibility index (Phi) is 5.31. The smallest absolute Gasteiger partial charge is 0.406 e. The number of benzene rings is 2. The molecule has 0 amide bonds. The fraction of sp³-hybridized carbons (Fsp3) is 0.136. The number of fused-ring (bicyclic) bond motifs is 1. The molecule has 32 heavy (non-hydrogen) atoms. The van der Waals surface area contributed by atoms with Gasteiger partial charge in [-0.05, 0) is 53.6 Å². The van der Waals surface area contributed by atoms with Gasteiger partial charge in [-0.1, -0.05) is 18.2 Å². The number of ether oxygens (including phenoxy) is 1. The first-order valence-electron chi connectivity index (χ1n) is 9.17. The summed E-state index contributed by atoms with van der Waals surface area (Å²) in [6.07, 6.45) is -7.94. The summed E-state index contributed by atoms with van der Waals surface area (Å²) in [4.78, 5) is 5.43. The Balaban J connectivity index is 1.76. The minimum absolute atomic E-state index is 0.0970. The van der Waals surface area contributed by atoms with Crippen LogP contribution in [0.25, 0.3) is 5.57 Å². The zero-order chi connectivity index (χ0) is 23.1. The third kappa shape index (κ3) is 4.68. The largest absolute Gasteiger partial charge is 0.573 e. The lowest BCUT2D eigenvalue weighted by Crippen LogP contribution is -2.23. The topological polar surface area (TPSA) is 25.4 Å². The Labute approximate surface area is 177 Å². The lowest BCUT2D eigenvalue weighted by atomic mass is 9.95. The van der Waals surface area contributed by atoms with Gasteiger partial charge in [0.15, 0.2) is 0 Å². The van der Waals surface area contributed by atoms with Gasteiger partial charge in [0.2, 0.25) is 0 Å². The Hall–Kier alpha value is -3.56. The maximum Gasteiger partial charge on any atom is 0.573 e. The van der Waals surface area contributed by atoms with Crippen LogP contribution in [0.1, 0.15) is 22.5 Å². The summed E-state index contributed by atoms with van der Waals surface area (Å²) in [6, 6.07) is 12.4. The third-order valence-corrected chi connectivity index (χ3v) is 4.71. The van der Waals surface area contributed by atoms with Gasteiger partial charge < -0.3 is 9.64 Å². The fourth-order valence-electron chi connectivity index (χ4n) is 3.30. The van der Waals surface area contributed by atoms with Crippen molar-refractivity contribution in [3.63, 3.8) is 0 Å². The van der Waals surface area contributed by atoms with Crippen molar-refractivity contribution in [1.29, 1.82) is 0 Å². The van der Waals surface area contributed by atoms with Gasteiger partial charge in [-0.15, -0.1) is 13.2 Å². The van der Waals surface area contributed by atoms with E-state index in [2.05, 4.69) is 9.72 Å². The standard InChI is InChI=1S/C22H13F7N2O/c23-15-4-1-13(2-5-15)18-12-31(16-6-8-17(9-7-16)32-22(27,28)29)11-14-3-10-19(21(24,25)26)30-20(14)18/h1-10,12H,11H2. The number of rotatable bonds is 3. The van der Waals surface area contributed by atoms with Crippen LogP contribution in [-0.2, 0) is 12.7 Å². The summed E-state index contributed by atoms with van der Waals surface area (Å²) < 4.78 is 94.0. The second-order valence-electron chi connectivity index (χ2n) is 6.92. The van der Waals surface area contributed by atoms with E-state index in [-0.39, 0.29) is 12.2 Å². The molecule has 3 aromatic rings. The Morgan fingerprint density at radius 1 is 0.812 bits per heavy atom. The fourth-order valence-corrected chi connectivity index (χ4v) is 3.30. The number of nitrogens with zero attached hydrogens (tertiary/aromatic N) is 2. The first-order chi connectivity index (χ1) is 15.0. The van der Waals surface area contributed by atoms with E-state index in [1.54, 1.807) is 4.90 Å². The van der Waals surface area contributed by atoms with E-state index in [1.807, 2.05) is 0 Å². The van der Waals surface area contributed by atoms with Gasteiger partial charge in [-0.25, -0.2) is 9.37 Å². The zero-order valence-electron chi connectivity index (χ0n) is 16.0. The number of pyridine rings is 1. The van der Waals surface area contributed by atoms with Crippen LogP contribution in [0.3, 0.4) is 0 Å². The average Bonchev–Trinajstić information content (AvgIpc) is 2.72. The summed E-state index contributed by atoms with van der Waals surface area (Å²) >= 11 is 0. The van der Waals surface area contributed by atoms with Crippen molar-refractivity contribution in [2.24, 2.45) is 0 Å². The van der Waals surface area contributed by atoms with E-state index in [0.717, 1.165) is 18.2 Å². The van der Waals surface area contributed by atoms with Crippen LogP contribution in [0.4, 0.5) is 36.4 Å². The summed E-state index contributed by atoms with van der Waals surface area (Å²) in [6.45, 7) is 0.130. The van der Waals surface area contributed by atoms with E-state index in [9.17, 15) is 30.7 Å². The molecule has 1 aromatic heterocycles. The Morgan fingerprint density at radius 2 is 1.47 bits per heavy atom. The minimum atomic E-state index is -4.83. The average molecular weight is 454 g/mol. The first kappa shape index (κ1) is 21.7.